The van der Waals surface area contributed by atoms with E-state index in [4.69, 9.17) is 14.9 Å². The largest absolute Gasteiger partial charge is 0.477 e. The molecule has 2 atom stereocenters. The van der Waals surface area contributed by atoms with Gasteiger partial charge in [-0.2, -0.15) is 0 Å². The molecule has 0 spiro atoms. The molecule has 3 heterocycles. The summed E-state index contributed by atoms with van der Waals surface area (Å²) in [5, 5.41) is 7.35. The number of hydrogen-bond donors (Lipinski definition) is 1. The Bertz CT molecular complexity index is 1200. The lowest BCUT2D eigenvalue weighted by molar-refractivity contribution is -0.146. The molecule has 160 valence electrons. The summed E-state index contributed by atoms with van der Waals surface area (Å²) in [5.74, 6) is -0.570. The Kier molecular flexibility index (Phi) is 5.90. The number of rotatable bonds is 6. The molecule has 0 amide bonds. The molecule has 30 heavy (non-hydrogen) atoms. The summed E-state index contributed by atoms with van der Waals surface area (Å²) in [6, 6.07) is 0. The van der Waals surface area contributed by atoms with Crippen molar-refractivity contribution in [2.45, 2.75) is 53.0 Å². The Hall–Kier alpha value is -2.86. The molecule has 0 radical (unpaired) electrons. The summed E-state index contributed by atoms with van der Waals surface area (Å²) in [6.07, 6.45) is -1.27. The van der Waals surface area contributed by atoms with Crippen LogP contribution in [-0.4, -0.2) is 33.2 Å². The lowest BCUT2D eigenvalue weighted by Crippen LogP contribution is -2.32. The third kappa shape index (κ3) is 3.92. The number of fused-ring (bicyclic) bond motifs is 2. The van der Waals surface area contributed by atoms with E-state index in [9.17, 15) is 24.0 Å². The molecule has 0 fully saturated rings. The summed E-state index contributed by atoms with van der Waals surface area (Å²) in [6.45, 7) is 5.68. The summed E-state index contributed by atoms with van der Waals surface area (Å²) in [5.41, 5.74) is -2.31. The number of esters is 1. The molecular formula is C18H19N3O7S2. The highest BCUT2D eigenvalue weighted by molar-refractivity contribution is 7.36. The molecule has 0 saturated carbocycles. The first kappa shape index (κ1) is 21.8. The first-order valence-corrected chi connectivity index (χ1v) is 10.6. The van der Waals surface area contributed by atoms with Crippen molar-refractivity contribution < 1.29 is 14.3 Å². The van der Waals surface area contributed by atoms with Gasteiger partial charge in [-0.1, -0.05) is 0 Å². The highest BCUT2D eigenvalue weighted by Gasteiger charge is 2.23. The number of nitrogens with zero attached hydrogens (tertiary/aromatic N) is 2. The zero-order chi connectivity index (χ0) is 22.3. The van der Waals surface area contributed by atoms with Gasteiger partial charge in [0.05, 0.1) is 13.1 Å². The second-order valence-corrected chi connectivity index (χ2v) is 8.91. The fraction of sp³-hybridized carbons (Fsp3) is 0.444. The molecule has 3 aromatic rings. The minimum absolute atomic E-state index is 0.0389. The average molecular weight is 453 g/mol. The molecule has 3 aromatic heterocycles. The van der Waals surface area contributed by atoms with Gasteiger partial charge in [0.25, 0.3) is 22.2 Å². The van der Waals surface area contributed by atoms with Gasteiger partial charge >= 0.3 is 5.97 Å². The van der Waals surface area contributed by atoms with Gasteiger partial charge in [0.1, 0.15) is 31.0 Å². The van der Waals surface area contributed by atoms with Gasteiger partial charge in [0.2, 0.25) is 0 Å². The van der Waals surface area contributed by atoms with E-state index < -0.39 is 40.4 Å². The van der Waals surface area contributed by atoms with Gasteiger partial charge in [0, 0.05) is 13.8 Å². The highest BCUT2D eigenvalue weighted by Crippen LogP contribution is 2.26. The number of nitrogens with one attached hydrogen (secondary N) is 1. The van der Waals surface area contributed by atoms with Crippen LogP contribution in [0.15, 0.2) is 19.2 Å². The zero-order valence-electron chi connectivity index (χ0n) is 16.6. The van der Waals surface area contributed by atoms with Crippen molar-refractivity contribution in [1.82, 2.24) is 9.13 Å². The second kappa shape index (κ2) is 8.11. The monoisotopic (exact) mass is 453 g/mol. The van der Waals surface area contributed by atoms with Crippen molar-refractivity contribution in [3.8, 4) is 0 Å². The maximum absolute atomic E-state index is 12.7. The summed E-state index contributed by atoms with van der Waals surface area (Å²) < 4.78 is 12.5. The molecule has 3 rings (SSSR count). The quantitative estimate of drug-likeness (QED) is 0.333. The van der Waals surface area contributed by atoms with E-state index >= 15 is 0 Å². The SMILES string of the molecule is CC(=N)OC(C)Cn1c(=O)c2sc3c(=O)n(CC(C)OC(C)=O)c(=O)c3sc2c1=O. The molecule has 0 aromatic carbocycles. The van der Waals surface area contributed by atoms with Crippen molar-refractivity contribution >= 4 is 53.3 Å². The molecule has 0 aliphatic rings. The lowest BCUT2D eigenvalue weighted by Gasteiger charge is -2.12. The lowest BCUT2D eigenvalue weighted by atomic mass is 10.4. The van der Waals surface area contributed by atoms with Gasteiger partial charge in [-0.25, -0.2) is 0 Å². The molecular weight excluding hydrogens is 434 g/mol. The molecule has 2 unspecified atom stereocenters. The first-order chi connectivity index (χ1) is 14.0. The number of carbonyl (C=O) groups excluding carboxylic acids is 1. The molecule has 10 nitrogen and oxygen atoms in total. The van der Waals surface area contributed by atoms with E-state index in [-0.39, 0.29) is 37.8 Å². The van der Waals surface area contributed by atoms with Crippen LogP contribution in [0.25, 0.3) is 18.8 Å². The van der Waals surface area contributed by atoms with Crippen molar-refractivity contribution in [3.05, 3.63) is 41.4 Å². The van der Waals surface area contributed by atoms with Crippen LogP contribution >= 0.6 is 22.7 Å². The predicted molar refractivity (Wildman–Crippen MR) is 115 cm³/mol. The fourth-order valence-electron chi connectivity index (χ4n) is 3.13. The number of hydrogen-bond acceptors (Lipinski definition) is 10. The van der Waals surface area contributed by atoms with Crippen LogP contribution < -0.4 is 22.2 Å². The van der Waals surface area contributed by atoms with E-state index in [2.05, 4.69) is 0 Å². The number of ether oxygens (including phenoxy) is 2. The summed E-state index contributed by atoms with van der Waals surface area (Å²) in [7, 11) is 0. The molecule has 1 N–H and O–H groups in total. The van der Waals surface area contributed by atoms with Gasteiger partial charge in [-0.15, -0.1) is 22.7 Å². The van der Waals surface area contributed by atoms with Crippen molar-refractivity contribution in [3.63, 3.8) is 0 Å². The zero-order valence-corrected chi connectivity index (χ0v) is 18.3. The number of carbonyl (C=O) groups is 1. The van der Waals surface area contributed by atoms with Crippen molar-refractivity contribution in [1.29, 1.82) is 5.41 Å². The molecule has 0 saturated heterocycles. The third-order valence-electron chi connectivity index (χ3n) is 4.20. The van der Waals surface area contributed by atoms with E-state index in [1.54, 1.807) is 13.8 Å². The van der Waals surface area contributed by atoms with Gasteiger partial charge in [-0.05, 0) is 13.8 Å². The third-order valence-corrected chi connectivity index (χ3v) is 6.79. The smallest absolute Gasteiger partial charge is 0.302 e. The van der Waals surface area contributed by atoms with E-state index in [0.717, 1.165) is 31.8 Å². The van der Waals surface area contributed by atoms with Crippen LogP contribution in [0.5, 0.6) is 0 Å². The molecule has 12 heteroatoms. The Balaban J connectivity index is 2.12. The standard InChI is InChI=1S/C18H19N3O7S2/c1-7(27-9(3)19)5-20-15(23)11-12(16(20)24)30-14-13(29-11)17(25)21(18(14)26)6-8(2)28-10(4)22/h7-8,19H,5-6H2,1-4H3. The van der Waals surface area contributed by atoms with Crippen LogP contribution in [0.4, 0.5) is 0 Å². The molecule has 0 bridgehead atoms. The van der Waals surface area contributed by atoms with Gasteiger partial charge in [-0.3, -0.25) is 38.5 Å². The van der Waals surface area contributed by atoms with Crippen LogP contribution in [0.2, 0.25) is 0 Å². The van der Waals surface area contributed by atoms with Gasteiger partial charge < -0.3 is 9.47 Å². The molecule has 0 aliphatic heterocycles. The normalized spacial score (nSPS) is 13.5. The van der Waals surface area contributed by atoms with Crippen LogP contribution in [0, 0.1) is 5.41 Å². The maximum atomic E-state index is 12.7. The predicted octanol–water partition coefficient (Wildman–Crippen LogP) is 0.951. The minimum Gasteiger partial charge on any atom is -0.477 e. The Morgan fingerprint density at radius 3 is 1.43 bits per heavy atom. The second-order valence-electron chi connectivity index (χ2n) is 6.87. The van der Waals surface area contributed by atoms with Crippen molar-refractivity contribution in [2.24, 2.45) is 0 Å². The van der Waals surface area contributed by atoms with E-state index in [1.807, 2.05) is 0 Å². The summed E-state index contributed by atoms with van der Waals surface area (Å²) in [4.78, 5) is 62.0. The molecule has 0 aliphatic carbocycles. The van der Waals surface area contributed by atoms with Gasteiger partial charge in [0.15, 0.2) is 5.90 Å². The van der Waals surface area contributed by atoms with Crippen LogP contribution in [0.3, 0.4) is 0 Å². The average Bonchev–Trinajstić information content (AvgIpc) is 3.00. The highest BCUT2D eigenvalue weighted by atomic mass is 32.1. The Morgan fingerprint density at radius 1 is 0.800 bits per heavy atom. The Labute approximate surface area is 176 Å². The summed E-state index contributed by atoms with van der Waals surface area (Å²) >= 11 is 1.62. The van der Waals surface area contributed by atoms with Crippen LogP contribution in [0.1, 0.15) is 27.7 Å². The maximum Gasteiger partial charge on any atom is 0.302 e. The van der Waals surface area contributed by atoms with Crippen LogP contribution in [-0.2, 0) is 27.4 Å². The first-order valence-electron chi connectivity index (χ1n) is 8.96. The van der Waals surface area contributed by atoms with Crippen molar-refractivity contribution in [2.75, 3.05) is 0 Å². The topological polar surface area (TPSA) is 138 Å². The fourth-order valence-corrected chi connectivity index (χ4v) is 5.55. The minimum atomic E-state index is -0.691. The van der Waals surface area contributed by atoms with E-state index in [1.165, 1.54) is 13.8 Å². The number of aromatic nitrogens is 2. The van der Waals surface area contributed by atoms with E-state index in [0.29, 0.717) is 0 Å². The Morgan fingerprint density at radius 2 is 1.13 bits per heavy atom.